The van der Waals surface area contributed by atoms with Crippen molar-refractivity contribution in [3.63, 3.8) is 0 Å². The Morgan fingerprint density at radius 1 is 1.30 bits per heavy atom. The molecule has 0 aromatic rings. The second kappa shape index (κ2) is 8.02. The van der Waals surface area contributed by atoms with Gasteiger partial charge < -0.3 is 10.2 Å². The molecular formula is C17H32N2O. The number of carbonyl (C=O) groups is 1. The van der Waals surface area contributed by atoms with E-state index < -0.39 is 0 Å². The molecule has 20 heavy (non-hydrogen) atoms. The van der Waals surface area contributed by atoms with Gasteiger partial charge in [-0.15, -0.1) is 0 Å². The minimum absolute atomic E-state index is 0.401. The van der Waals surface area contributed by atoms with E-state index in [0.717, 1.165) is 38.5 Å². The first-order valence-electron chi connectivity index (χ1n) is 8.69. The first kappa shape index (κ1) is 15.8. The number of amides is 1. The van der Waals surface area contributed by atoms with E-state index in [2.05, 4.69) is 24.1 Å². The van der Waals surface area contributed by atoms with E-state index in [1.165, 1.54) is 38.5 Å². The van der Waals surface area contributed by atoms with Gasteiger partial charge in [0.05, 0.1) is 0 Å². The quantitative estimate of drug-likeness (QED) is 0.839. The summed E-state index contributed by atoms with van der Waals surface area (Å²) in [6, 6.07) is 0. The maximum Gasteiger partial charge on any atom is 0.222 e. The van der Waals surface area contributed by atoms with Gasteiger partial charge in [0, 0.05) is 19.5 Å². The number of hydrogen-bond donors (Lipinski definition) is 1. The minimum atomic E-state index is 0.401. The molecule has 3 heteroatoms. The second-order valence-electron chi connectivity index (χ2n) is 6.90. The van der Waals surface area contributed by atoms with Gasteiger partial charge in [-0.1, -0.05) is 26.7 Å². The lowest BCUT2D eigenvalue weighted by Gasteiger charge is -2.34. The molecule has 0 aromatic carbocycles. The van der Waals surface area contributed by atoms with E-state index in [0.29, 0.717) is 17.7 Å². The number of nitrogens with zero attached hydrogens (tertiary/aromatic N) is 1. The van der Waals surface area contributed by atoms with Gasteiger partial charge >= 0.3 is 0 Å². The highest BCUT2D eigenvalue weighted by atomic mass is 16.2. The third-order valence-corrected chi connectivity index (χ3v) is 5.30. The maximum atomic E-state index is 12.4. The standard InChI is InChI=1S/C17H32N2O/c1-3-5-15-7-10-19(11-8-15)17(20)12-14(2)16-6-4-9-18-13-16/h14-16,18H,3-13H2,1-2H3. The van der Waals surface area contributed by atoms with Gasteiger partial charge in [-0.05, 0) is 56.5 Å². The Bertz CT molecular complexity index is 291. The topological polar surface area (TPSA) is 32.3 Å². The molecule has 0 bridgehead atoms. The molecule has 0 saturated carbocycles. The number of carbonyl (C=O) groups excluding carboxylic acids is 1. The number of piperidine rings is 2. The summed E-state index contributed by atoms with van der Waals surface area (Å²) in [6.45, 7) is 8.78. The lowest BCUT2D eigenvalue weighted by molar-refractivity contribution is -0.134. The van der Waals surface area contributed by atoms with Crippen molar-refractivity contribution in [2.24, 2.45) is 17.8 Å². The normalized spacial score (nSPS) is 26.5. The van der Waals surface area contributed by atoms with Crippen LogP contribution in [0.15, 0.2) is 0 Å². The van der Waals surface area contributed by atoms with Crippen LogP contribution in [-0.4, -0.2) is 37.0 Å². The summed E-state index contributed by atoms with van der Waals surface area (Å²) in [5.41, 5.74) is 0. The highest BCUT2D eigenvalue weighted by Crippen LogP contribution is 2.26. The zero-order valence-electron chi connectivity index (χ0n) is 13.4. The van der Waals surface area contributed by atoms with Crippen LogP contribution in [0.2, 0.25) is 0 Å². The van der Waals surface area contributed by atoms with Crippen molar-refractivity contribution >= 4 is 5.91 Å². The molecule has 2 unspecified atom stereocenters. The molecule has 0 radical (unpaired) electrons. The monoisotopic (exact) mass is 280 g/mol. The average molecular weight is 280 g/mol. The van der Waals surface area contributed by atoms with E-state index >= 15 is 0 Å². The Morgan fingerprint density at radius 2 is 2.05 bits per heavy atom. The van der Waals surface area contributed by atoms with Crippen LogP contribution >= 0.6 is 0 Å². The number of nitrogens with one attached hydrogen (secondary N) is 1. The number of likely N-dealkylation sites (tertiary alicyclic amines) is 1. The van der Waals surface area contributed by atoms with Gasteiger partial charge in [0.1, 0.15) is 0 Å². The fourth-order valence-corrected chi connectivity index (χ4v) is 3.81. The molecule has 2 heterocycles. The second-order valence-corrected chi connectivity index (χ2v) is 6.90. The Kier molecular flexibility index (Phi) is 6.34. The first-order chi connectivity index (χ1) is 9.70. The summed E-state index contributed by atoms with van der Waals surface area (Å²) >= 11 is 0. The molecule has 2 fully saturated rings. The predicted molar refractivity (Wildman–Crippen MR) is 83.6 cm³/mol. The summed E-state index contributed by atoms with van der Waals surface area (Å²) < 4.78 is 0. The van der Waals surface area contributed by atoms with Gasteiger partial charge in [0.25, 0.3) is 0 Å². The van der Waals surface area contributed by atoms with Crippen LogP contribution < -0.4 is 5.32 Å². The fourth-order valence-electron chi connectivity index (χ4n) is 3.81. The van der Waals surface area contributed by atoms with Crippen molar-refractivity contribution in [2.75, 3.05) is 26.2 Å². The van der Waals surface area contributed by atoms with E-state index in [1.807, 2.05) is 0 Å². The van der Waals surface area contributed by atoms with Crippen LogP contribution in [0.1, 0.15) is 58.8 Å². The van der Waals surface area contributed by atoms with Crippen molar-refractivity contribution in [3.05, 3.63) is 0 Å². The number of rotatable bonds is 5. The molecule has 1 N–H and O–H groups in total. The molecular weight excluding hydrogens is 248 g/mol. The smallest absolute Gasteiger partial charge is 0.222 e. The SMILES string of the molecule is CCCC1CCN(C(=O)CC(C)C2CCCNC2)CC1. The summed E-state index contributed by atoms with van der Waals surface area (Å²) in [7, 11) is 0. The largest absolute Gasteiger partial charge is 0.343 e. The molecule has 2 atom stereocenters. The average Bonchev–Trinajstić information content (AvgIpc) is 2.49. The molecule has 116 valence electrons. The Labute approximate surface area is 124 Å². The van der Waals surface area contributed by atoms with Crippen LogP contribution in [0.5, 0.6) is 0 Å². The molecule has 1 amide bonds. The van der Waals surface area contributed by atoms with Crippen LogP contribution in [0, 0.1) is 17.8 Å². The summed E-state index contributed by atoms with van der Waals surface area (Å²) in [6.07, 6.45) is 8.38. The van der Waals surface area contributed by atoms with Crippen molar-refractivity contribution in [2.45, 2.75) is 58.8 Å². The van der Waals surface area contributed by atoms with Gasteiger partial charge in [-0.2, -0.15) is 0 Å². The third kappa shape index (κ3) is 4.47. The molecule has 0 aromatic heterocycles. The van der Waals surface area contributed by atoms with Crippen molar-refractivity contribution in [1.82, 2.24) is 10.2 Å². The van der Waals surface area contributed by atoms with Gasteiger partial charge in [0.2, 0.25) is 5.91 Å². The molecule has 0 spiro atoms. The van der Waals surface area contributed by atoms with E-state index in [4.69, 9.17) is 0 Å². The first-order valence-corrected chi connectivity index (χ1v) is 8.69. The molecule has 2 aliphatic heterocycles. The third-order valence-electron chi connectivity index (χ3n) is 5.30. The van der Waals surface area contributed by atoms with Crippen LogP contribution in [-0.2, 0) is 4.79 Å². The van der Waals surface area contributed by atoms with E-state index in [1.54, 1.807) is 0 Å². The Hall–Kier alpha value is -0.570. The van der Waals surface area contributed by atoms with Crippen molar-refractivity contribution in [3.8, 4) is 0 Å². The minimum Gasteiger partial charge on any atom is -0.343 e. The molecule has 3 nitrogen and oxygen atoms in total. The summed E-state index contributed by atoms with van der Waals surface area (Å²) in [5, 5.41) is 3.46. The zero-order valence-corrected chi connectivity index (χ0v) is 13.4. The Morgan fingerprint density at radius 3 is 2.65 bits per heavy atom. The zero-order chi connectivity index (χ0) is 14.4. The highest BCUT2D eigenvalue weighted by Gasteiger charge is 2.26. The molecule has 2 rings (SSSR count). The lowest BCUT2D eigenvalue weighted by Crippen LogP contribution is -2.40. The van der Waals surface area contributed by atoms with Crippen molar-refractivity contribution in [1.29, 1.82) is 0 Å². The van der Waals surface area contributed by atoms with Crippen LogP contribution in [0.3, 0.4) is 0 Å². The Balaban J connectivity index is 1.71. The summed E-state index contributed by atoms with van der Waals surface area (Å²) in [4.78, 5) is 14.5. The van der Waals surface area contributed by atoms with Crippen LogP contribution in [0.4, 0.5) is 0 Å². The predicted octanol–water partition coefficient (Wildman–Crippen LogP) is 3.05. The molecule has 2 aliphatic rings. The lowest BCUT2D eigenvalue weighted by atomic mass is 9.85. The van der Waals surface area contributed by atoms with Gasteiger partial charge in [-0.25, -0.2) is 0 Å². The van der Waals surface area contributed by atoms with Gasteiger partial charge in [-0.3, -0.25) is 4.79 Å². The van der Waals surface area contributed by atoms with E-state index in [9.17, 15) is 4.79 Å². The fraction of sp³-hybridized carbons (Fsp3) is 0.941. The van der Waals surface area contributed by atoms with Gasteiger partial charge in [0.15, 0.2) is 0 Å². The van der Waals surface area contributed by atoms with E-state index in [-0.39, 0.29) is 0 Å². The molecule has 2 saturated heterocycles. The highest BCUT2D eigenvalue weighted by molar-refractivity contribution is 5.76. The van der Waals surface area contributed by atoms with Crippen LogP contribution in [0.25, 0.3) is 0 Å². The summed E-state index contributed by atoms with van der Waals surface area (Å²) in [5.74, 6) is 2.50. The maximum absolute atomic E-state index is 12.4. The van der Waals surface area contributed by atoms with Crippen molar-refractivity contribution < 1.29 is 4.79 Å². The molecule has 0 aliphatic carbocycles. The number of hydrogen-bond acceptors (Lipinski definition) is 2.